The third kappa shape index (κ3) is 5.91. The first-order valence-corrected chi connectivity index (χ1v) is 13.0. The SMILES string of the molecule is CCn1c(S/C(=C/c2ccc(N3CCCCC3)c([N+](=O)[O-])c2)C(=O)O)nnc1-c1cc(OC)cc(OC)c1. The number of carbonyl (C=O) groups is 1. The Morgan fingerprint density at radius 3 is 2.37 bits per heavy atom. The van der Waals surface area contributed by atoms with Crippen LogP contribution in [0.1, 0.15) is 31.7 Å². The summed E-state index contributed by atoms with van der Waals surface area (Å²) in [7, 11) is 3.11. The summed E-state index contributed by atoms with van der Waals surface area (Å²) < 4.78 is 12.5. The van der Waals surface area contributed by atoms with Crippen molar-refractivity contribution in [1.29, 1.82) is 0 Å². The molecule has 1 aliphatic rings. The summed E-state index contributed by atoms with van der Waals surface area (Å²) in [5.41, 5.74) is 1.64. The lowest BCUT2D eigenvalue weighted by Crippen LogP contribution is -2.29. The Kier molecular flexibility index (Phi) is 8.52. The van der Waals surface area contributed by atoms with Crippen molar-refractivity contribution in [2.75, 3.05) is 32.2 Å². The number of nitro groups is 1. The fourth-order valence-electron chi connectivity index (χ4n) is 4.36. The van der Waals surface area contributed by atoms with Crippen molar-refractivity contribution in [3.05, 3.63) is 57.0 Å². The van der Waals surface area contributed by atoms with E-state index in [0.717, 1.165) is 44.1 Å². The number of carboxylic acids is 1. The predicted octanol–water partition coefficient (Wildman–Crippen LogP) is 5.10. The smallest absolute Gasteiger partial charge is 0.342 e. The molecular weight excluding hydrogens is 510 g/mol. The molecule has 0 atom stereocenters. The second-order valence-electron chi connectivity index (χ2n) is 8.62. The minimum atomic E-state index is -1.17. The number of carboxylic acid groups (broad SMARTS) is 1. The van der Waals surface area contributed by atoms with Crippen LogP contribution in [-0.2, 0) is 11.3 Å². The van der Waals surface area contributed by atoms with Gasteiger partial charge in [0.1, 0.15) is 22.1 Å². The van der Waals surface area contributed by atoms with Crippen LogP contribution in [0.5, 0.6) is 11.5 Å². The Balaban J connectivity index is 1.67. The van der Waals surface area contributed by atoms with Gasteiger partial charge in [-0.25, -0.2) is 4.79 Å². The summed E-state index contributed by atoms with van der Waals surface area (Å²) in [6.07, 6.45) is 4.51. The van der Waals surface area contributed by atoms with E-state index in [4.69, 9.17) is 9.47 Å². The van der Waals surface area contributed by atoms with Gasteiger partial charge in [0.05, 0.1) is 19.1 Å². The minimum Gasteiger partial charge on any atom is -0.497 e. The van der Waals surface area contributed by atoms with Crippen LogP contribution < -0.4 is 14.4 Å². The number of thioether (sulfide) groups is 1. The van der Waals surface area contributed by atoms with Crippen LogP contribution in [-0.4, -0.2) is 58.1 Å². The van der Waals surface area contributed by atoms with E-state index in [9.17, 15) is 20.0 Å². The number of hydrogen-bond donors (Lipinski definition) is 1. The Morgan fingerprint density at radius 1 is 1.11 bits per heavy atom. The number of piperidine rings is 1. The lowest BCUT2D eigenvalue weighted by molar-refractivity contribution is -0.384. The number of anilines is 1. The maximum atomic E-state index is 12.2. The number of hydrogen-bond acceptors (Lipinski definition) is 9. The van der Waals surface area contributed by atoms with E-state index in [0.29, 0.717) is 45.8 Å². The monoisotopic (exact) mass is 539 g/mol. The fourth-order valence-corrected chi connectivity index (χ4v) is 5.25. The van der Waals surface area contributed by atoms with Gasteiger partial charge in [-0.15, -0.1) is 10.2 Å². The van der Waals surface area contributed by atoms with Crippen LogP contribution in [0.3, 0.4) is 0 Å². The summed E-state index contributed by atoms with van der Waals surface area (Å²) >= 11 is 0.933. The van der Waals surface area contributed by atoms with E-state index < -0.39 is 10.9 Å². The molecule has 2 aromatic carbocycles. The summed E-state index contributed by atoms with van der Waals surface area (Å²) in [6, 6.07) is 10.2. The van der Waals surface area contributed by atoms with Crippen LogP contribution in [0.15, 0.2) is 46.5 Å². The molecule has 0 bridgehead atoms. The van der Waals surface area contributed by atoms with Crippen molar-refractivity contribution in [3.8, 4) is 22.9 Å². The number of nitrogens with zero attached hydrogens (tertiary/aromatic N) is 5. The van der Waals surface area contributed by atoms with Gasteiger partial charge in [-0.05, 0) is 67.8 Å². The van der Waals surface area contributed by atoms with Gasteiger partial charge in [0, 0.05) is 37.3 Å². The highest BCUT2D eigenvalue weighted by molar-refractivity contribution is 8.04. The van der Waals surface area contributed by atoms with Gasteiger partial charge in [0.25, 0.3) is 5.69 Å². The molecule has 1 fully saturated rings. The largest absolute Gasteiger partial charge is 0.497 e. The number of rotatable bonds is 10. The Labute approximate surface area is 224 Å². The normalized spacial score (nSPS) is 13.9. The average Bonchev–Trinajstić information content (AvgIpc) is 3.35. The molecule has 12 heteroatoms. The van der Waals surface area contributed by atoms with Gasteiger partial charge in [-0.1, -0.05) is 6.07 Å². The number of nitro benzene ring substituents is 1. The Bertz CT molecular complexity index is 1340. The average molecular weight is 540 g/mol. The number of benzene rings is 2. The van der Waals surface area contributed by atoms with E-state index in [-0.39, 0.29) is 10.6 Å². The zero-order chi connectivity index (χ0) is 27.2. The molecule has 1 N–H and O–H groups in total. The number of ether oxygens (including phenoxy) is 2. The maximum absolute atomic E-state index is 12.2. The van der Waals surface area contributed by atoms with Crippen molar-refractivity contribution < 1.29 is 24.3 Å². The van der Waals surface area contributed by atoms with Gasteiger partial charge in [-0.3, -0.25) is 10.1 Å². The molecule has 0 radical (unpaired) electrons. The van der Waals surface area contributed by atoms with Gasteiger partial charge in [0.15, 0.2) is 11.0 Å². The first-order valence-electron chi connectivity index (χ1n) is 12.2. The molecule has 0 spiro atoms. The standard InChI is InChI=1S/C26H29N5O6S/c1-4-30-24(18-14-19(36-2)16-20(15-18)37-3)27-28-26(30)38-23(25(32)33)13-17-8-9-21(22(12-17)31(34)35)29-10-6-5-7-11-29/h8-9,12-16H,4-7,10-11H2,1-3H3,(H,32,33)/b23-13+. The Morgan fingerprint density at radius 2 is 1.79 bits per heavy atom. The van der Waals surface area contributed by atoms with Crippen LogP contribution >= 0.6 is 11.8 Å². The van der Waals surface area contributed by atoms with E-state index in [1.807, 2.05) is 11.8 Å². The molecule has 1 saturated heterocycles. The number of methoxy groups -OCH3 is 2. The van der Waals surface area contributed by atoms with Gasteiger partial charge < -0.3 is 24.0 Å². The van der Waals surface area contributed by atoms with Crippen molar-refractivity contribution in [1.82, 2.24) is 14.8 Å². The van der Waals surface area contributed by atoms with Crippen LogP contribution in [0.2, 0.25) is 0 Å². The number of aliphatic carboxylic acids is 1. The minimum absolute atomic E-state index is 0.0399. The second-order valence-corrected chi connectivity index (χ2v) is 9.63. The lowest BCUT2D eigenvalue weighted by atomic mass is 10.1. The van der Waals surface area contributed by atoms with Crippen molar-refractivity contribution in [2.45, 2.75) is 37.9 Å². The topological polar surface area (TPSA) is 133 Å². The zero-order valence-corrected chi connectivity index (χ0v) is 22.2. The molecule has 0 saturated carbocycles. The first-order chi connectivity index (χ1) is 18.3. The zero-order valence-electron chi connectivity index (χ0n) is 21.4. The lowest BCUT2D eigenvalue weighted by Gasteiger charge is -2.28. The van der Waals surface area contributed by atoms with E-state index in [1.165, 1.54) is 12.1 Å². The third-order valence-corrected chi connectivity index (χ3v) is 7.24. The summed E-state index contributed by atoms with van der Waals surface area (Å²) in [6.45, 7) is 3.91. The fraction of sp³-hybridized carbons (Fsp3) is 0.346. The van der Waals surface area contributed by atoms with Crippen molar-refractivity contribution >= 4 is 35.2 Å². The van der Waals surface area contributed by atoms with E-state index in [2.05, 4.69) is 10.2 Å². The van der Waals surface area contributed by atoms with Gasteiger partial charge >= 0.3 is 5.97 Å². The summed E-state index contributed by atoms with van der Waals surface area (Å²) in [5.74, 6) is 0.520. The number of aromatic nitrogens is 3. The molecule has 1 aliphatic heterocycles. The van der Waals surface area contributed by atoms with Crippen LogP contribution in [0, 0.1) is 10.1 Å². The highest BCUT2D eigenvalue weighted by atomic mass is 32.2. The van der Waals surface area contributed by atoms with Crippen LogP contribution in [0.25, 0.3) is 17.5 Å². The van der Waals surface area contributed by atoms with Crippen molar-refractivity contribution in [3.63, 3.8) is 0 Å². The molecule has 0 aliphatic carbocycles. The summed E-state index contributed by atoms with van der Waals surface area (Å²) in [4.78, 5) is 25.6. The summed E-state index contributed by atoms with van der Waals surface area (Å²) in [5, 5.41) is 30.7. The van der Waals surface area contributed by atoms with E-state index >= 15 is 0 Å². The third-order valence-electron chi connectivity index (χ3n) is 6.25. The van der Waals surface area contributed by atoms with Gasteiger partial charge in [0.2, 0.25) is 0 Å². The van der Waals surface area contributed by atoms with Crippen LogP contribution in [0.4, 0.5) is 11.4 Å². The van der Waals surface area contributed by atoms with E-state index in [1.54, 1.807) is 49.1 Å². The molecule has 0 unspecified atom stereocenters. The molecule has 0 amide bonds. The maximum Gasteiger partial charge on any atom is 0.342 e. The predicted molar refractivity (Wildman–Crippen MR) is 145 cm³/mol. The molecule has 200 valence electrons. The Hall–Kier alpha value is -4.06. The molecule has 1 aromatic heterocycles. The molecular formula is C26H29N5O6S. The quantitative estimate of drug-likeness (QED) is 0.161. The molecule has 3 aromatic rings. The molecule has 11 nitrogen and oxygen atoms in total. The molecule has 2 heterocycles. The highest BCUT2D eigenvalue weighted by Crippen LogP contribution is 2.35. The first kappa shape index (κ1) is 27.0. The highest BCUT2D eigenvalue weighted by Gasteiger charge is 2.23. The molecule has 4 rings (SSSR count). The molecule has 38 heavy (non-hydrogen) atoms. The van der Waals surface area contributed by atoms with Crippen molar-refractivity contribution in [2.24, 2.45) is 0 Å². The van der Waals surface area contributed by atoms with Gasteiger partial charge in [-0.2, -0.15) is 0 Å². The second kappa shape index (κ2) is 12.0.